The van der Waals surface area contributed by atoms with E-state index in [2.05, 4.69) is 26.6 Å². The summed E-state index contributed by atoms with van der Waals surface area (Å²) in [5.74, 6) is -12.8. The molecule has 23 nitrogen and oxygen atoms in total. The number of methoxy groups -OCH3 is 1. The maximum Gasteiger partial charge on any atom is 0.347 e. The van der Waals surface area contributed by atoms with E-state index in [1.54, 1.807) is 121 Å². The first-order valence-electron chi connectivity index (χ1n) is 28.8. The fraction of sp³-hybridized carbons (Fsp3) is 0.717. The fourth-order valence-corrected chi connectivity index (χ4v) is 7.95. The highest BCUT2D eigenvalue weighted by Crippen LogP contribution is 2.19. The van der Waals surface area contributed by atoms with Crippen molar-refractivity contribution in [1.29, 1.82) is 0 Å². The molecule has 5 amide bonds. The van der Waals surface area contributed by atoms with Crippen molar-refractivity contribution in [2.45, 2.75) is 224 Å². The van der Waals surface area contributed by atoms with Crippen LogP contribution >= 0.6 is 0 Å². The average Bonchev–Trinajstić information content (AvgIpc) is 3.46. The molecule has 470 valence electrons. The van der Waals surface area contributed by atoms with Crippen LogP contribution in [0.2, 0.25) is 0 Å². The zero-order valence-corrected chi connectivity index (χ0v) is 52.5. The molecule has 0 heterocycles. The van der Waals surface area contributed by atoms with Crippen molar-refractivity contribution < 1.29 is 85.9 Å². The van der Waals surface area contributed by atoms with Gasteiger partial charge in [0.15, 0.2) is 30.5 Å². The minimum Gasteiger partial charge on any atom is -0.458 e. The molecule has 0 aliphatic heterocycles. The Morgan fingerprint density at radius 1 is 0.337 bits per heavy atom. The Labute approximate surface area is 490 Å². The molecule has 0 spiro atoms. The SMILES string of the molecule is CO[C@H](CC(C)C)C(=O)N[C@@H](C(=O)O[C@@H](C)C(=O)N[C@H](C(=O)O[C@H](CC(C)C)C(=O)N[C@@H](C(=O)O[C@@H](C)C(=O)N[C@H](C(=O)O[C@H](CC(C)C)C(=O)N[C@@H](C(=O)O[C@@H](C)C(=O)OCc1ccccc1)C(C)C)C(C)C)C(C)C)C(C)C)C(C)C. The summed E-state index contributed by atoms with van der Waals surface area (Å²) in [6.07, 6.45) is -7.65. The zero-order chi connectivity index (χ0) is 63.7. The lowest BCUT2D eigenvalue weighted by molar-refractivity contribution is -0.170. The van der Waals surface area contributed by atoms with Crippen molar-refractivity contribution in [3.8, 4) is 0 Å². The number of nitrogens with one attached hydrogen (secondary N) is 5. The third-order valence-electron chi connectivity index (χ3n) is 13.0. The van der Waals surface area contributed by atoms with Gasteiger partial charge in [-0.3, -0.25) is 24.0 Å². The monoisotopic (exact) mass is 1180 g/mol. The Hall–Kier alpha value is -6.65. The van der Waals surface area contributed by atoms with Gasteiger partial charge in [0, 0.05) is 7.11 Å². The van der Waals surface area contributed by atoms with Crippen LogP contribution in [0.3, 0.4) is 0 Å². The number of esters is 6. The highest BCUT2D eigenvalue weighted by atomic mass is 16.6. The van der Waals surface area contributed by atoms with Crippen molar-refractivity contribution in [2.75, 3.05) is 7.11 Å². The van der Waals surface area contributed by atoms with Gasteiger partial charge >= 0.3 is 35.8 Å². The van der Waals surface area contributed by atoms with Gasteiger partial charge in [0.05, 0.1) is 0 Å². The van der Waals surface area contributed by atoms with E-state index in [0.29, 0.717) is 6.42 Å². The predicted octanol–water partition coefficient (Wildman–Crippen LogP) is 5.21. The molecule has 0 unspecified atom stereocenters. The molecule has 1 aromatic rings. The molecule has 11 atom stereocenters. The average molecular weight is 1180 g/mol. The highest BCUT2D eigenvalue weighted by molar-refractivity contribution is 5.94. The minimum absolute atomic E-state index is 0.0113. The molecule has 0 saturated carbocycles. The Morgan fingerprint density at radius 3 is 0.892 bits per heavy atom. The largest absolute Gasteiger partial charge is 0.458 e. The molecule has 1 aromatic carbocycles. The second-order valence-corrected chi connectivity index (χ2v) is 23.9. The third-order valence-corrected chi connectivity index (χ3v) is 13.0. The predicted molar refractivity (Wildman–Crippen MR) is 306 cm³/mol. The summed E-state index contributed by atoms with van der Waals surface area (Å²) in [6.45, 7) is 31.1. The summed E-state index contributed by atoms with van der Waals surface area (Å²) in [7, 11) is 1.39. The van der Waals surface area contributed by atoms with Gasteiger partial charge in [-0.05, 0) is 92.9 Å². The summed E-state index contributed by atoms with van der Waals surface area (Å²) in [4.78, 5) is 149. The summed E-state index contributed by atoms with van der Waals surface area (Å²) in [5, 5.41) is 12.9. The summed E-state index contributed by atoms with van der Waals surface area (Å²) in [6, 6.07) is 2.41. The van der Waals surface area contributed by atoms with Gasteiger partial charge in [0.2, 0.25) is 5.91 Å². The number of amides is 5. The first kappa shape index (κ1) is 74.4. The van der Waals surface area contributed by atoms with Crippen LogP contribution in [0, 0.1) is 47.3 Å². The Morgan fingerprint density at radius 2 is 0.602 bits per heavy atom. The number of hydrogen-bond donors (Lipinski definition) is 5. The first-order chi connectivity index (χ1) is 38.5. The molecule has 0 fully saturated rings. The summed E-state index contributed by atoms with van der Waals surface area (Å²) < 4.78 is 38.5. The van der Waals surface area contributed by atoms with Crippen LogP contribution < -0.4 is 26.6 Å². The number of carbonyl (C=O) groups excluding carboxylic acids is 11. The van der Waals surface area contributed by atoms with Gasteiger partial charge in [-0.2, -0.15) is 0 Å². The van der Waals surface area contributed by atoms with E-state index in [1.165, 1.54) is 27.9 Å². The molecule has 23 heteroatoms. The van der Waals surface area contributed by atoms with Crippen LogP contribution in [-0.2, 0) is 92.5 Å². The van der Waals surface area contributed by atoms with Crippen LogP contribution in [0.15, 0.2) is 30.3 Å². The molecule has 0 aliphatic rings. The number of hydrogen-bond acceptors (Lipinski definition) is 18. The molecular weight excluding hydrogens is 1080 g/mol. The number of rotatable bonds is 35. The van der Waals surface area contributed by atoms with E-state index in [-0.39, 0.29) is 37.2 Å². The van der Waals surface area contributed by atoms with Gasteiger partial charge in [-0.15, -0.1) is 0 Å². The van der Waals surface area contributed by atoms with Crippen molar-refractivity contribution in [1.82, 2.24) is 26.6 Å². The van der Waals surface area contributed by atoms with Crippen molar-refractivity contribution in [3.63, 3.8) is 0 Å². The standard InChI is InChI=1S/C60H97N5O18/c1-30(2)26-42(77-20)52(68)63-45(33(7)8)56(72)79-38(17)50(66)61-48(36(13)14)59(75)82-43(27-31(3)4)53(69)64-46(34(9)10)57(73)80-39(18)51(67)62-49(37(15)16)60(76)83-44(28-32(5)6)54(70)65-47(35(11)12)58(74)81-40(19)55(71)78-29-41-24-22-21-23-25-41/h21-25,30-40,42-49H,26-29H2,1-20H3,(H,61,66)(H,62,67)(H,63,68)(H,64,69)(H,65,70)/t38-,39-,40-,42+,43+,44+,45+,46+,47+,48-,49-/m0/s1. The lowest BCUT2D eigenvalue weighted by atomic mass is 10.0. The smallest absolute Gasteiger partial charge is 0.347 e. The van der Waals surface area contributed by atoms with E-state index in [9.17, 15) is 52.7 Å². The maximum atomic E-state index is 14.0. The van der Waals surface area contributed by atoms with Gasteiger partial charge in [-0.1, -0.05) is 141 Å². The second-order valence-electron chi connectivity index (χ2n) is 23.9. The quantitative estimate of drug-likeness (QED) is 0.0430. The zero-order valence-electron chi connectivity index (χ0n) is 52.5. The van der Waals surface area contributed by atoms with Gasteiger partial charge < -0.3 is 59.7 Å². The summed E-state index contributed by atoms with van der Waals surface area (Å²) in [5.41, 5.74) is 0.726. The highest BCUT2D eigenvalue weighted by Gasteiger charge is 2.40. The van der Waals surface area contributed by atoms with Crippen LogP contribution in [0.5, 0.6) is 0 Å². The third kappa shape index (κ3) is 26.2. The van der Waals surface area contributed by atoms with Crippen LogP contribution in [0.1, 0.15) is 156 Å². The maximum absolute atomic E-state index is 14.0. The molecule has 0 aromatic heterocycles. The minimum atomic E-state index is -1.55. The first-order valence-corrected chi connectivity index (χ1v) is 28.8. The Balaban J connectivity index is 3.16. The van der Waals surface area contributed by atoms with Crippen molar-refractivity contribution >= 4 is 65.4 Å². The van der Waals surface area contributed by atoms with E-state index < -0.39 is 162 Å². The molecule has 83 heavy (non-hydrogen) atoms. The number of carbonyl (C=O) groups is 11. The summed E-state index contributed by atoms with van der Waals surface area (Å²) >= 11 is 0. The van der Waals surface area contributed by atoms with E-state index in [4.69, 9.17) is 33.2 Å². The molecule has 5 N–H and O–H groups in total. The fourth-order valence-electron chi connectivity index (χ4n) is 7.95. The molecule has 0 saturated heterocycles. The van der Waals surface area contributed by atoms with E-state index in [1.807, 2.05) is 19.9 Å². The van der Waals surface area contributed by atoms with Gasteiger partial charge in [0.25, 0.3) is 23.6 Å². The van der Waals surface area contributed by atoms with Gasteiger partial charge in [0.1, 0.15) is 42.9 Å². The normalized spacial score (nSPS) is 15.6. The number of ether oxygens (including phenoxy) is 7. The molecule has 0 bridgehead atoms. The van der Waals surface area contributed by atoms with Crippen LogP contribution in [0.4, 0.5) is 0 Å². The Bertz CT molecular complexity index is 2300. The van der Waals surface area contributed by atoms with Crippen molar-refractivity contribution in [2.24, 2.45) is 47.3 Å². The van der Waals surface area contributed by atoms with E-state index in [0.717, 1.165) is 5.56 Å². The van der Waals surface area contributed by atoms with Crippen molar-refractivity contribution in [3.05, 3.63) is 35.9 Å². The molecule has 0 aliphatic carbocycles. The lowest BCUT2D eigenvalue weighted by Crippen LogP contribution is -2.55. The van der Waals surface area contributed by atoms with Crippen LogP contribution in [0.25, 0.3) is 0 Å². The Kier molecular flexibility index (Phi) is 32.4. The van der Waals surface area contributed by atoms with Crippen LogP contribution in [-0.4, -0.2) is 139 Å². The molecule has 0 radical (unpaired) electrons. The lowest BCUT2D eigenvalue weighted by Gasteiger charge is -2.29. The molecule has 1 rings (SSSR count). The van der Waals surface area contributed by atoms with Gasteiger partial charge in [-0.25, -0.2) is 28.8 Å². The molecular formula is C60H97N5O18. The topological polar surface area (TPSA) is 313 Å². The number of benzene rings is 1. The second kappa shape index (κ2) is 36.1. The van der Waals surface area contributed by atoms with E-state index >= 15 is 0 Å².